The third-order valence-electron chi connectivity index (χ3n) is 3.06. The molecule has 0 spiro atoms. The Hall–Kier alpha value is -2.40. The highest BCUT2D eigenvalue weighted by Gasteiger charge is 2.10. The van der Waals surface area contributed by atoms with Gasteiger partial charge in [-0.1, -0.05) is 18.2 Å². The van der Waals surface area contributed by atoms with Crippen LogP contribution in [-0.4, -0.2) is 10.9 Å². The van der Waals surface area contributed by atoms with Crippen LogP contribution in [0.1, 0.15) is 21.3 Å². The Morgan fingerprint density at radius 3 is 2.52 bits per heavy atom. The fourth-order valence-electron chi connectivity index (χ4n) is 2.11. The van der Waals surface area contributed by atoms with Crippen LogP contribution in [-0.2, 0) is 0 Å². The van der Waals surface area contributed by atoms with Gasteiger partial charge in [0.2, 0.25) is 0 Å². The molecule has 21 heavy (non-hydrogen) atoms. The molecule has 1 N–H and O–H groups in total. The maximum Gasteiger partial charge on any atom is 0.265 e. The number of benzene rings is 1. The number of nitrogens with zero attached hydrogens (tertiary/aromatic N) is 1. The first-order valence-corrected chi connectivity index (χ1v) is 7.41. The molecule has 0 aliphatic carbocycles. The molecule has 4 nitrogen and oxygen atoms in total. The van der Waals surface area contributed by atoms with Gasteiger partial charge in [-0.05, 0) is 30.5 Å². The van der Waals surface area contributed by atoms with Crippen molar-refractivity contribution in [1.82, 2.24) is 4.98 Å². The third-order valence-corrected chi connectivity index (χ3v) is 3.93. The van der Waals surface area contributed by atoms with Gasteiger partial charge in [0.25, 0.3) is 5.91 Å². The average molecular weight is 298 g/mol. The first-order chi connectivity index (χ1) is 10.1. The lowest BCUT2D eigenvalue weighted by molar-refractivity contribution is 0.103. The first-order valence-electron chi connectivity index (χ1n) is 6.53. The minimum absolute atomic E-state index is 0.0915. The highest BCUT2D eigenvalue weighted by molar-refractivity contribution is 7.12. The van der Waals surface area contributed by atoms with Crippen LogP contribution in [0.15, 0.2) is 46.2 Å². The Kier molecular flexibility index (Phi) is 3.58. The lowest BCUT2D eigenvalue weighted by atomic mass is 10.1. The third kappa shape index (κ3) is 2.87. The Balaban J connectivity index is 1.78. The number of carbonyl (C=O) groups excluding carboxylic acids is 1. The van der Waals surface area contributed by atoms with Crippen molar-refractivity contribution in [2.45, 2.75) is 13.8 Å². The van der Waals surface area contributed by atoms with E-state index >= 15 is 0 Å². The van der Waals surface area contributed by atoms with Crippen molar-refractivity contribution in [3.05, 3.63) is 58.3 Å². The van der Waals surface area contributed by atoms with Gasteiger partial charge < -0.3 is 9.73 Å². The summed E-state index contributed by atoms with van der Waals surface area (Å²) in [5, 5.41) is 4.75. The zero-order valence-corrected chi connectivity index (χ0v) is 12.5. The van der Waals surface area contributed by atoms with E-state index in [2.05, 4.69) is 10.3 Å². The Morgan fingerprint density at radius 2 is 1.95 bits per heavy atom. The second-order valence-electron chi connectivity index (χ2n) is 4.65. The van der Waals surface area contributed by atoms with Crippen molar-refractivity contribution in [1.29, 1.82) is 0 Å². The quantitative estimate of drug-likeness (QED) is 0.785. The topological polar surface area (TPSA) is 55.1 Å². The molecule has 1 aromatic carbocycles. The fraction of sp³-hybridized carbons (Fsp3) is 0.125. The van der Waals surface area contributed by atoms with Crippen LogP contribution in [0.4, 0.5) is 5.69 Å². The van der Waals surface area contributed by atoms with Crippen LogP contribution >= 0.6 is 11.3 Å². The van der Waals surface area contributed by atoms with E-state index in [0.717, 1.165) is 22.7 Å². The van der Waals surface area contributed by atoms with Crippen molar-refractivity contribution in [3.8, 4) is 11.3 Å². The van der Waals surface area contributed by atoms with Crippen molar-refractivity contribution >= 4 is 22.9 Å². The molecular formula is C16H14N2O2S. The van der Waals surface area contributed by atoms with Gasteiger partial charge >= 0.3 is 0 Å². The largest absolute Gasteiger partial charge is 0.446 e. The summed E-state index contributed by atoms with van der Waals surface area (Å²) in [5.41, 5.74) is 2.57. The van der Waals surface area contributed by atoms with Crippen molar-refractivity contribution in [2.75, 3.05) is 5.32 Å². The number of anilines is 1. The summed E-state index contributed by atoms with van der Waals surface area (Å²) in [7, 11) is 0. The number of hydrogen-bond donors (Lipinski definition) is 1. The van der Waals surface area contributed by atoms with Gasteiger partial charge in [0.05, 0.1) is 4.88 Å². The van der Waals surface area contributed by atoms with Gasteiger partial charge in [0.1, 0.15) is 11.5 Å². The van der Waals surface area contributed by atoms with Gasteiger partial charge in [-0.15, -0.1) is 11.3 Å². The first kappa shape index (κ1) is 13.6. The Bertz CT molecular complexity index is 758. The number of thiophene rings is 1. The second-order valence-corrected chi connectivity index (χ2v) is 5.59. The Morgan fingerprint density at radius 1 is 1.19 bits per heavy atom. The molecule has 0 saturated carbocycles. The van der Waals surface area contributed by atoms with E-state index in [1.165, 1.54) is 11.3 Å². The van der Waals surface area contributed by atoms with Gasteiger partial charge in [-0.25, -0.2) is 4.98 Å². The summed E-state index contributed by atoms with van der Waals surface area (Å²) >= 11 is 1.42. The van der Waals surface area contributed by atoms with Crippen LogP contribution in [0, 0.1) is 13.8 Å². The lowest BCUT2D eigenvalue weighted by Crippen LogP contribution is -2.09. The molecule has 0 unspecified atom stereocenters. The molecule has 0 atom stereocenters. The van der Waals surface area contributed by atoms with Crippen LogP contribution in [0.2, 0.25) is 0 Å². The molecule has 0 radical (unpaired) electrons. The highest BCUT2D eigenvalue weighted by atomic mass is 32.1. The molecule has 0 bridgehead atoms. The van der Waals surface area contributed by atoms with Crippen LogP contribution in [0.25, 0.3) is 11.3 Å². The standard InChI is InChI=1S/C16H14N2O2S/c1-10-15(17-11(2)20-10)12-5-7-13(8-6-12)18-16(19)14-4-3-9-21-14/h3-9H,1-2H3,(H,18,19). The SMILES string of the molecule is Cc1nc(-c2ccc(NC(=O)c3cccs3)cc2)c(C)o1. The van der Waals surface area contributed by atoms with Crippen LogP contribution in [0.5, 0.6) is 0 Å². The molecule has 0 fully saturated rings. The van der Waals surface area contributed by atoms with E-state index in [4.69, 9.17) is 4.42 Å². The number of aryl methyl sites for hydroxylation is 2. The van der Waals surface area contributed by atoms with E-state index < -0.39 is 0 Å². The number of hydrogen-bond acceptors (Lipinski definition) is 4. The normalized spacial score (nSPS) is 10.6. The van der Waals surface area contributed by atoms with E-state index in [0.29, 0.717) is 10.8 Å². The zero-order chi connectivity index (χ0) is 14.8. The molecule has 1 amide bonds. The molecular weight excluding hydrogens is 284 g/mol. The lowest BCUT2D eigenvalue weighted by Gasteiger charge is -2.04. The summed E-state index contributed by atoms with van der Waals surface area (Å²) in [6, 6.07) is 11.2. The second kappa shape index (κ2) is 5.54. The number of nitrogens with one attached hydrogen (secondary N) is 1. The Labute approximate surface area is 126 Å². The molecule has 106 valence electrons. The smallest absolute Gasteiger partial charge is 0.265 e. The fourth-order valence-corrected chi connectivity index (χ4v) is 2.73. The minimum Gasteiger partial charge on any atom is -0.446 e. The molecule has 3 rings (SSSR count). The summed E-state index contributed by atoms with van der Waals surface area (Å²) in [5.74, 6) is 1.35. The summed E-state index contributed by atoms with van der Waals surface area (Å²) < 4.78 is 5.43. The molecule has 5 heteroatoms. The number of amides is 1. The maximum absolute atomic E-state index is 12.0. The predicted molar refractivity (Wildman–Crippen MR) is 83.7 cm³/mol. The number of rotatable bonds is 3. The van der Waals surface area contributed by atoms with Gasteiger partial charge in [0, 0.05) is 18.2 Å². The van der Waals surface area contributed by atoms with Crippen molar-refractivity contribution < 1.29 is 9.21 Å². The molecule has 0 aliphatic rings. The molecule has 3 aromatic rings. The number of carbonyl (C=O) groups is 1. The highest BCUT2D eigenvalue weighted by Crippen LogP contribution is 2.24. The zero-order valence-electron chi connectivity index (χ0n) is 11.7. The molecule has 0 saturated heterocycles. The summed E-state index contributed by atoms with van der Waals surface area (Å²) in [6.07, 6.45) is 0. The predicted octanol–water partition coefficient (Wildman–Crippen LogP) is 4.27. The summed E-state index contributed by atoms with van der Waals surface area (Å²) in [4.78, 5) is 17.0. The van der Waals surface area contributed by atoms with Crippen LogP contribution in [0.3, 0.4) is 0 Å². The van der Waals surface area contributed by atoms with Gasteiger partial charge in [0.15, 0.2) is 5.89 Å². The van der Waals surface area contributed by atoms with Crippen LogP contribution < -0.4 is 5.32 Å². The number of oxazole rings is 1. The minimum atomic E-state index is -0.0915. The van der Waals surface area contributed by atoms with Crippen molar-refractivity contribution in [3.63, 3.8) is 0 Å². The van der Waals surface area contributed by atoms with E-state index in [1.54, 1.807) is 6.07 Å². The summed E-state index contributed by atoms with van der Waals surface area (Å²) in [6.45, 7) is 3.72. The van der Waals surface area contributed by atoms with Gasteiger partial charge in [-0.3, -0.25) is 4.79 Å². The van der Waals surface area contributed by atoms with E-state index in [1.807, 2.05) is 49.6 Å². The van der Waals surface area contributed by atoms with Gasteiger partial charge in [-0.2, -0.15) is 0 Å². The van der Waals surface area contributed by atoms with E-state index in [-0.39, 0.29) is 5.91 Å². The molecule has 0 aliphatic heterocycles. The molecule has 2 heterocycles. The number of aromatic nitrogens is 1. The monoisotopic (exact) mass is 298 g/mol. The van der Waals surface area contributed by atoms with E-state index in [9.17, 15) is 4.79 Å². The average Bonchev–Trinajstić information content (AvgIpc) is 3.09. The maximum atomic E-state index is 12.0. The van der Waals surface area contributed by atoms with Crippen molar-refractivity contribution in [2.24, 2.45) is 0 Å². The molecule has 2 aromatic heterocycles.